The van der Waals surface area contributed by atoms with Gasteiger partial charge in [0.25, 0.3) is 5.69 Å². The first-order valence-corrected chi connectivity index (χ1v) is 10.1. The molecule has 0 amide bonds. The van der Waals surface area contributed by atoms with Gasteiger partial charge >= 0.3 is 0 Å². The summed E-state index contributed by atoms with van der Waals surface area (Å²) in [6.45, 7) is 2.79. The summed E-state index contributed by atoms with van der Waals surface area (Å²) in [6, 6.07) is 5.18. The zero-order valence-corrected chi connectivity index (χ0v) is 14.9. The van der Waals surface area contributed by atoms with E-state index in [9.17, 15) is 18.5 Å². The molecule has 0 aromatic heterocycles. The Labute approximate surface area is 143 Å². The van der Waals surface area contributed by atoms with Crippen molar-refractivity contribution in [3.05, 3.63) is 32.8 Å². The SMILES string of the molecule is O=[N+]([O-])c1cc(Br)ccc1N1CCN(C2CCS(=O)(=O)C2)CC1. The van der Waals surface area contributed by atoms with Gasteiger partial charge in [0.05, 0.1) is 16.4 Å². The third-order valence-electron chi connectivity index (χ3n) is 4.51. The lowest BCUT2D eigenvalue weighted by atomic mass is 10.1. The second-order valence-corrected chi connectivity index (χ2v) is 9.11. The second-order valence-electron chi connectivity index (χ2n) is 5.97. The van der Waals surface area contributed by atoms with Gasteiger partial charge in [0, 0.05) is 42.8 Å². The fourth-order valence-corrected chi connectivity index (χ4v) is 5.41. The van der Waals surface area contributed by atoms with Gasteiger partial charge in [-0.2, -0.15) is 0 Å². The lowest BCUT2D eigenvalue weighted by molar-refractivity contribution is -0.384. The average molecular weight is 404 g/mol. The highest BCUT2D eigenvalue weighted by Gasteiger charge is 2.34. The maximum atomic E-state index is 11.6. The number of nitro benzene ring substituents is 1. The normalized spacial score (nSPS) is 24.7. The van der Waals surface area contributed by atoms with Gasteiger partial charge < -0.3 is 4.90 Å². The zero-order valence-electron chi connectivity index (χ0n) is 12.5. The number of halogens is 1. The van der Waals surface area contributed by atoms with Crippen LogP contribution in [0.4, 0.5) is 11.4 Å². The van der Waals surface area contributed by atoms with E-state index in [1.165, 1.54) is 6.07 Å². The Bertz CT molecular complexity index is 717. The molecule has 1 atom stereocenters. The molecule has 2 saturated heterocycles. The summed E-state index contributed by atoms with van der Waals surface area (Å²) in [5.41, 5.74) is 0.716. The standard InChI is InChI=1S/C14H18BrN3O4S/c15-11-1-2-13(14(9-11)18(19)20)17-6-4-16(5-7-17)12-3-8-23(21,22)10-12/h1-2,9,12H,3-8,10H2. The van der Waals surface area contributed by atoms with Crippen LogP contribution in [0.3, 0.4) is 0 Å². The highest BCUT2D eigenvalue weighted by atomic mass is 79.9. The molecule has 7 nitrogen and oxygen atoms in total. The highest BCUT2D eigenvalue weighted by Crippen LogP contribution is 2.32. The van der Waals surface area contributed by atoms with Gasteiger partial charge in [-0.25, -0.2) is 8.42 Å². The number of nitrogens with zero attached hydrogens (tertiary/aromatic N) is 3. The number of hydrogen-bond acceptors (Lipinski definition) is 6. The van der Waals surface area contributed by atoms with E-state index in [2.05, 4.69) is 20.8 Å². The summed E-state index contributed by atoms with van der Waals surface area (Å²) in [5.74, 6) is 0.515. The molecule has 0 spiro atoms. The Morgan fingerprint density at radius 2 is 1.91 bits per heavy atom. The fourth-order valence-electron chi connectivity index (χ4n) is 3.30. The molecule has 1 aromatic rings. The largest absolute Gasteiger partial charge is 0.363 e. The van der Waals surface area contributed by atoms with Gasteiger partial charge in [-0.15, -0.1) is 0 Å². The van der Waals surface area contributed by atoms with Gasteiger partial charge in [0.1, 0.15) is 5.69 Å². The summed E-state index contributed by atoms with van der Waals surface area (Å²) < 4.78 is 23.9. The molecule has 3 rings (SSSR count). The lowest BCUT2D eigenvalue weighted by Gasteiger charge is -2.38. The number of sulfone groups is 1. The Kier molecular flexibility index (Phi) is 4.61. The molecule has 0 aliphatic carbocycles. The first-order chi connectivity index (χ1) is 10.9. The number of rotatable bonds is 3. The summed E-state index contributed by atoms with van der Waals surface area (Å²) in [5, 5.41) is 11.2. The zero-order chi connectivity index (χ0) is 16.6. The van der Waals surface area contributed by atoms with Gasteiger partial charge in [-0.1, -0.05) is 15.9 Å². The van der Waals surface area contributed by atoms with E-state index in [0.29, 0.717) is 29.7 Å². The van der Waals surface area contributed by atoms with Crippen LogP contribution >= 0.6 is 15.9 Å². The predicted molar refractivity (Wildman–Crippen MR) is 91.6 cm³/mol. The van der Waals surface area contributed by atoms with E-state index in [1.54, 1.807) is 12.1 Å². The first kappa shape index (κ1) is 16.7. The third-order valence-corrected chi connectivity index (χ3v) is 6.76. The molecule has 126 valence electrons. The lowest BCUT2D eigenvalue weighted by Crippen LogP contribution is -2.50. The summed E-state index contributed by atoms with van der Waals surface area (Å²) in [7, 11) is -2.88. The summed E-state index contributed by atoms with van der Waals surface area (Å²) in [4.78, 5) is 15.1. The van der Waals surface area contributed by atoms with Crippen LogP contribution in [0.1, 0.15) is 6.42 Å². The van der Waals surface area contributed by atoms with Crippen molar-refractivity contribution in [2.24, 2.45) is 0 Å². The minimum Gasteiger partial charge on any atom is -0.363 e. The van der Waals surface area contributed by atoms with Crippen LogP contribution in [0.2, 0.25) is 0 Å². The predicted octanol–water partition coefficient (Wildman–Crippen LogP) is 1.67. The van der Waals surface area contributed by atoms with Gasteiger partial charge in [-0.3, -0.25) is 15.0 Å². The molecule has 2 aliphatic heterocycles. The van der Waals surface area contributed by atoms with Gasteiger partial charge in [-0.05, 0) is 18.6 Å². The molecule has 0 radical (unpaired) electrons. The third kappa shape index (κ3) is 3.67. The Hall–Kier alpha value is -1.19. The van der Waals surface area contributed by atoms with E-state index in [0.717, 1.165) is 13.1 Å². The molecular weight excluding hydrogens is 386 g/mol. The number of piperazine rings is 1. The van der Waals surface area contributed by atoms with E-state index in [4.69, 9.17) is 0 Å². The van der Waals surface area contributed by atoms with Crippen LogP contribution in [-0.2, 0) is 9.84 Å². The number of nitro groups is 1. The molecule has 1 aromatic carbocycles. The van der Waals surface area contributed by atoms with Crippen LogP contribution in [0.25, 0.3) is 0 Å². The van der Waals surface area contributed by atoms with E-state index in [-0.39, 0.29) is 28.2 Å². The molecule has 9 heteroatoms. The Balaban J connectivity index is 1.69. The average Bonchev–Trinajstić information content (AvgIpc) is 2.87. The Morgan fingerprint density at radius 3 is 2.48 bits per heavy atom. The molecule has 2 aliphatic rings. The van der Waals surface area contributed by atoms with Crippen molar-refractivity contribution in [3.63, 3.8) is 0 Å². The molecule has 0 N–H and O–H groups in total. The summed E-state index contributed by atoms with van der Waals surface area (Å²) >= 11 is 3.27. The van der Waals surface area contributed by atoms with E-state index < -0.39 is 9.84 Å². The quantitative estimate of drug-likeness (QED) is 0.563. The number of hydrogen-bond donors (Lipinski definition) is 0. The van der Waals surface area contributed by atoms with Crippen molar-refractivity contribution < 1.29 is 13.3 Å². The molecule has 23 heavy (non-hydrogen) atoms. The van der Waals surface area contributed by atoms with Crippen molar-refractivity contribution >= 4 is 37.1 Å². The van der Waals surface area contributed by atoms with E-state index >= 15 is 0 Å². The summed E-state index contributed by atoms with van der Waals surface area (Å²) in [6.07, 6.45) is 0.695. The minimum atomic E-state index is -2.88. The van der Waals surface area contributed by atoms with Crippen molar-refractivity contribution in [2.75, 3.05) is 42.6 Å². The molecule has 0 bridgehead atoms. The maximum absolute atomic E-state index is 11.6. The minimum absolute atomic E-state index is 0.0938. The van der Waals surface area contributed by atoms with Crippen LogP contribution in [0, 0.1) is 10.1 Å². The monoisotopic (exact) mass is 403 g/mol. The molecular formula is C14H18BrN3O4S. The van der Waals surface area contributed by atoms with Crippen LogP contribution in [-0.4, -0.2) is 62.0 Å². The maximum Gasteiger partial charge on any atom is 0.293 e. The molecule has 0 saturated carbocycles. The fraction of sp³-hybridized carbons (Fsp3) is 0.571. The van der Waals surface area contributed by atoms with Gasteiger partial charge in [0.15, 0.2) is 9.84 Å². The topological polar surface area (TPSA) is 83.8 Å². The Morgan fingerprint density at radius 1 is 1.22 bits per heavy atom. The van der Waals surface area contributed by atoms with Crippen LogP contribution in [0.5, 0.6) is 0 Å². The molecule has 2 heterocycles. The number of anilines is 1. The van der Waals surface area contributed by atoms with Crippen molar-refractivity contribution in [1.29, 1.82) is 0 Å². The van der Waals surface area contributed by atoms with Crippen molar-refractivity contribution in [3.8, 4) is 0 Å². The van der Waals surface area contributed by atoms with Crippen molar-refractivity contribution in [2.45, 2.75) is 12.5 Å². The highest BCUT2D eigenvalue weighted by molar-refractivity contribution is 9.10. The molecule has 2 fully saturated rings. The first-order valence-electron chi connectivity index (χ1n) is 7.49. The van der Waals surface area contributed by atoms with E-state index in [1.807, 2.05) is 4.90 Å². The second kappa shape index (κ2) is 6.37. The molecule has 1 unspecified atom stereocenters. The smallest absolute Gasteiger partial charge is 0.293 e. The van der Waals surface area contributed by atoms with Gasteiger partial charge in [0.2, 0.25) is 0 Å². The number of benzene rings is 1. The van der Waals surface area contributed by atoms with Crippen LogP contribution < -0.4 is 4.90 Å². The van der Waals surface area contributed by atoms with Crippen LogP contribution in [0.15, 0.2) is 22.7 Å². The van der Waals surface area contributed by atoms with Crippen molar-refractivity contribution in [1.82, 2.24) is 4.90 Å².